The van der Waals surface area contributed by atoms with Crippen LogP contribution in [-0.2, 0) is 19.9 Å². The first-order valence-corrected chi connectivity index (χ1v) is 8.66. The zero-order valence-corrected chi connectivity index (χ0v) is 11.4. The van der Waals surface area contributed by atoms with Crippen molar-refractivity contribution in [1.82, 2.24) is 4.72 Å². The van der Waals surface area contributed by atoms with Gasteiger partial charge in [-0.25, -0.2) is 21.6 Å². The largest absolute Gasteiger partial charge is 0.328 e. The van der Waals surface area contributed by atoms with Gasteiger partial charge in [0.05, 0.1) is 11.5 Å². The predicted molar refractivity (Wildman–Crippen MR) is 64.4 cm³/mol. The molecule has 0 saturated heterocycles. The van der Waals surface area contributed by atoms with E-state index in [-0.39, 0.29) is 17.8 Å². The Morgan fingerprint density at radius 2 is 1.62 bits per heavy atom. The van der Waals surface area contributed by atoms with Gasteiger partial charge in [0.2, 0.25) is 10.0 Å². The second kappa shape index (κ2) is 5.95. The lowest BCUT2D eigenvalue weighted by atomic mass is 10.1. The lowest BCUT2D eigenvalue weighted by Crippen LogP contribution is -2.38. The molecule has 0 rings (SSSR count). The normalized spacial score (nSPS) is 17.0. The van der Waals surface area contributed by atoms with Crippen molar-refractivity contribution < 1.29 is 16.8 Å². The third-order valence-corrected chi connectivity index (χ3v) is 4.54. The molecule has 0 amide bonds. The highest BCUT2D eigenvalue weighted by molar-refractivity contribution is 7.93. The molecular formula is C8H20N2O4S2. The minimum Gasteiger partial charge on any atom is -0.328 e. The Morgan fingerprint density at radius 1 is 1.12 bits per heavy atom. The van der Waals surface area contributed by atoms with Crippen LogP contribution in [0.1, 0.15) is 20.3 Å². The predicted octanol–water partition coefficient (Wildman–Crippen LogP) is -0.924. The van der Waals surface area contributed by atoms with Gasteiger partial charge in [0.1, 0.15) is 9.84 Å². The molecule has 0 radical (unpaired) electrons. The molecule has 0 bridgehead atoms. The van der Waals surface area contributed by atoms with Gasteiger partial charge in [0.15, 0.2) is 0 Å². The molecule has 0 aliphatic carbocycles. The summed E-state index contributed by atoms with van der Waals surface area (Å²) >= 11 is 0. The van der Waals surface area contributed by atoms with Crippen LogP contribution in [-0.4, -0.2) is 46.7 Å². The van der Waals surface area contributed by atoms with Crippen LogP contribution in [0, 0.1) is 0 Å². The molecule has 0 aliphatic heterocycles. The molecule has 0 spiro atoms. The van der Waals surface area contributed by atoms with Crippen LogP contribution >= 0.6 is 0 Å². The number of hydrogen-bond donors (Lipinski definition) is 2. The van der Waals surface area contributed by atoms with Gasteiger partial charge in [-0.15, -0.1) is 0 Å². The minimum absolute atomic E-state index is 0.104. The van der Waals surface area contributed by atoms with Crippen LogP contribution in [0.5, 0.6) is 0 Å². The summed E-state index contributed by atoms with van der Waals surface area (Å²) in [5.41, 5.74) is 5.52. The highest BCUT2D eigenvalue weighted by Crippen LogP contribution is 1.98. The van der Waals surface area contributed by atoms with E-state index in [1.165, 1.54) is 0 Å². The molecule has 0 heterocycles. The summed E-state index contributed by atoms with van der Waals surface area (Å²) in [5, 5.41) is 0. The van der Waals surface area contributed by atoms with Gasteiger partial charge in [-0.1, -0.05) is 0 Å². The second-order valence-electron chi connectivity index (χ2n) is 4.18. The molecule has 2 atom stereocenters. The summed E-state index contributed by atoms with van der Waals surface area (Å²) in [6.07, 6.45) is 1.52. The van der Waals surface area contributed by atoms with E-state index >= 15 is 0 Å². The molecule has 98 valence electrons. The maximum atomic E-state index is 11.5. The average molecular weight is 272 g/mol. The van der Waals surface area contributed by atoms with Crippen molar-refractivity contribution in [2.45, 2.75) is 32.4 Å². The SMILES string of the molecule is CC(N)CC(C)NS(=O)(=O)CCS(C)(=O)=O. The number of nitrogens with one attached hydrogen (secondary N) is 1. The number of sulfonamides is 1. The van der Waals surface area contributed by atoms with Crippen molar-refractivity contribution >= 4 is 19.9 Å². The third-order valence-electron chi connectivity index (χ3n) is 1.83. The molecule has 0 aromatic carbocycles. The standard InChI is InChI=1S/C8H20N2O4S2/c1-7(9)6-8(2)10-16(13,14)5-4-15(3,11)12/h7-8,10H,4-6,9H2,1-3H3. The number of rotatable bonds is 7. The maximum absolute atomic E-state index is 11.5. The molecule has 0 fully saturated rings. The van der Waals surface area contributed by atoms with E-state index in [0.29, 0.717) is 6.42 Å². The molecule has 0 aliphatic rings. The van der Waals surface area contributed by atoms with E-state index in [1.54, 1.807) is 13.8 Å². The van der Waals surface area contributed by atoms with Gasteiger partial charge < -0.3 is 5.73 Å². The number of hydrogen-bond acceptors (Lipinski definition) is 5. The molecule has 8 heteroatoms. The van der Waals surface area contributed by atoms with E-state index in [9.17, 15) is 16.8 Å². The Hall–Kier alpha value is -0.180. The van der Waals surface area contributed by atoms with Crippen LogP contribution in [0.15, 0.2) is 0 Å². The van der Waals surface area contributed by atoms with Crippen molar-refractivity contribution in [3.63, 3.8) is 0 Å². The summed E-state index contributed by atoms with van der Waals surface area (Å²) in [7, 11) is -6.80. The molecule has 0 aromatic rings. The summed E-state index contributed by atoms with van der Waals surface area (Å²) in [4.78, 5) is 0. The third kappa shape index (κ3) is 9.08. The fraction of sp³-hybridized carbons (Fsp3) is 1.00. The molecule has 0 saturated carbocycles. The van der Waals surface area contributed by atoms with Crippen LogP contribution in [0.4, 0.5) is 0 Å². The van der Waals surface area contributed by atoms with Gasteiger partial charge in [-0.3, -0.25) is 0 Å². The Bertz CT molecular complexity index is 400. The lowest BCUT2D eigenvalue weighted by Gasteiger charge is -2.15. The van der Waals surface area contributed by atoms with E-state index in [4.69, 9.17) is 5.73 Å². The van der Waals surface area contributed by atoms with Crippen molar-refractivity contribution in [2.24, 2.45) is 5.73 Å². The smallest absolute Gasteiger partial charge is 0.212 e. The maximum Gasteiger partial charge on any atom is 0.212 e. The van der Waals surface area contributed by atoms with Gasteiger partial charge in [0.25, 0.3) is 0 Å². The highest BCUT2D eigenvalue weighted by Gasteiger charge is 2.17. The zero-order chi connectivity index (χ0) is 13.0. The fourth-order valence-electron chi connectivity index (χ4n) is 1.23. The topological polar surface area (TPSA) is 106 Å². The summed E-state index contributed by atoms with van der Waals surface area (Å²) in [6.45, 7) is 3.47. The van der Waals surface area contributed by atoms with Crippen molar-refractivity contribution in [3.8, 4) is 0 Å². The van der Waals surface area contributed by atoms with Crippen LogP contribution < -0.4 is 10.5 Å². The highest BCUT2D eigenvalue weighted by atomic mass is 32.2. The van der Waals surface area contributed by atoms with Gasteiger partial charge >= 0.3 is 0 Å². The fourth-order valence-corrected chi connectivity index (χ4v) is 4.15. The summed E-state index contributed by atoms with van der Waals surface area (Å²) in [6, 6.07) is -0.392. The van der Waals surface area contributed by atoms with Crippen LogP contribution in [0.2, 0.25) is 0 Å². The van der Waals surface area contributed by atoms with Gasteiger partial charge in [-0.05, 0) is 20.3 Å². The summed E-state index contributed by atoms with van der Waals surface area (Å²) in [5.74, 6) is -0.775. The molecular weight excluding hydrogens is 252 g/mol. The number of nitrogens with two attached hydrogens (primary N) is 1. The first kappa shape index (κ1) is 15.8. The molecule has 0 aromatic heterocycles. The van der Waals surface area contributed by atoms with Crippen LogP contribution in [0.3, 0.4) is 0 Å². The van der Waals surface area contributed by atoms with Gasteiger partial charge in [0, 0.05) is 18.3 Å². The minimum atomic E-state index is -3.54. The quantitative estimate of drug-likeness (QED) is 0.623. The van der Waals surface area contributed by atoms with Crippen molar-refractivity contribution in [2.75, 3.05) is 17.8 Å². The van der Waals surface area contributed by atoms with E-state index in [2.05, 4.69) is 4.72 Å². The Morgan fingerprint density at radius 3 is 2.00 bits per heavy atom. The number of sulfone groups is 1. The average Bonchev–Trinajstić information content (AvgIpc) is 1.96. The van der Waals surface area contributed by atoms with E-state index < -0.39 is 25.6 Å². The van der Waals surface area contributed by atoms with Crippen LogP contribution in [0.25, 0.3) is 0 Å². The molecule has 16 heavy (non-hydrogen) atoms. The zero-order valence-electron chi connectivity index (χ0n) is 9.80. The monoisotopic (exact) mass is 272 g/mol. The first-order chi connectivity index (χ1) is 7.02. The second-order valence-corrected chi connectivity index (χ2v) is 8.31. The molecule has 3 N–H and O–H groups in total. The van der Waals surface area contributed by atoms with E-state index in [0.717, 1.165) is 6.26 Å². The van der Waals surface area contributed by atoms with E-state index in [1.807, 2.05) is 0 Å². The first-order valence-electron chi connectivity index (χ1n) is 4.95. The summed E-state index contributed by atoms with van der Waals surface area (Å²) < 4.78 is 47.0. The molecule has 2 unspecified atom stereocenters. The lowest BCUT2D eigenvalue weighted by molar-refractivity contribution is 0.519. The van der Waals surface area contributed by atoms with Crippen molar-refractivity contribution in [3.05, 3.63) is 0 Å². The van der Waals surface area contributed by atoms with Crippen molar-refractivity contribution in [1.29, 1.82) is 0 Å². The Kier molecular flexibility index (Phi) is 5.88. The molecule has 6 nitrogen and oxygen atoms in total. The van der Waals surface area contributed by atoms with Gasteiger partial charge in [-0.2, -0.15) is 0 Å². The Balaban J connectivity index is 4.26. The Labute approximate surface area is 97.6 Å².